The summed E-state index contributed by atoms with van der Waals surface area (Å²) in [6, 6.07) is 6.44. The summed E-state index contributed by atoms with van der Waals surface area (Å²) in [5.74, 6) is -1.51. The number of rotatable bonds is 8. The molecule has 210 valence electrons. The Bertz CT molecular complexity index is 1430. The van der Waals surface area contributed by atoms with Crippen molar-refractivity contribution in [1.29, 1.82) is 0 Å². The maximum Gasteiger partial charge on any atom is 0.399 e. The molecule has 10 heteroatoms. The average Bonchev–Trinajstić information content (AvgIpc) is 2.90. The average molecular weight is 562 g/mol. The summed E-state index contributed by atoms with van der Waals surface area (Å²) < 4.78 is 45.9. The lowest BCUT2D eigenvalue weighted by molar-refractivity contribution is -0.105. The molecule has 0 saturated carbocycles. The number of hydrogen-bond acceptors (Lipinski definition) is 6. The Hall–Kier alpha value is -3.53. The zero-order valence-corrected chi connectivity index (χ0v) is 23.9. The number of halogens is 3. The fourth-order valence-electron chi connectivity index (χ4n) is 3.89. The lowest BCUT2D eigenvalue weighted by atomic mass is 9.98. The summed E-state index contributed by atoms with van der Waals surface area (Å²) in [5, 5.41) is 3.65. The van der Waals surface area contributed by atoms with Gasteiger partial charge in [-0.05, 0) is 70.3 Å². The number of amides is 1. The molecule has 1 aromatic carbocycles. The predicted molar refractivity (Wildman–Crippen MR) is 154 cm³/mol. The van der Waals surface area contributed by atoms with E-state index >= 15 is 0 Å². The normalized spacial score (nSPS) is 12.7. The monoisotopic (exact) mass is 561 g/mol. The SMILES string of the molecule is C/C=C\C(=C/C)c1oc2c(C(C)Nc3cccnc3C(=O)NSCC(F)(F)F)cc(C)cc2c(=O)c1C.CC. The van der Waals surface area contributed by atoms with Crippen LogP contribution < -0.4 is 15.5 Å². The highest BCUT2D eigenvalue weighted by Crippen LogP contribution is 2.31. The van der Waals surface area contributed by atoms with Gasteiger partial charge in [0.25, 0.3) is 5.91 Å². The molecule has 0 spiro atoms. The van der Waals surface area contributed by atoms with Gasteiger partial charge in [0, 0.05) is 22.9 Å². The minimum absolute atomic E-state index is 0.0525. The second-order valence-electron chi connectivity index (χ2n) is 8.46. The van der Waals surface area contributed by atoms with Crippen molar-refractivity contribution in [1.82, 2.24) is 9.71 Å². The third-order valence-corrected chi connectivity index (χ3v) is 6.37. The molecule has 0 aliphatic rings. The number of carbonyl (C=O) groups excluding carboxylic acids is 1. The van der Waals surface area contributed by atoms with Gasteiger partial charge < -0.3 is 9.73 Å². The Morgan fingerprint density at radius 1 is 1.21 bits per heavy atom. The zero-order chi connectivity index (χ0) is 29.3. The number of nitrogens with one attached hydrogen (secondary N) is 2. The Labute approximate surface area is 230 Å². The lowest BCUT2D eigenvalue weighted by Gasteiger charge is -2.20. The van der Waals surface area contributed by atoms with Crippen LogP contribution in [0.15, 0.2) is 57.9 Å². The molecule has 1 atom stereocenters. The molecule has 2 heterocycles. The number of fused-ring (bicyclic) bond motifs is 1. The van der Waals surface area contributed by atoms with E-state index in [2.05, 4.69) is 15.0 Å². The van der Waals surface area contributed by atoms with Crippen LogP contribution in [0.4, 0.5) is 18.9 Å². The Balaban J connectivity index is 0.00000260. The molecule has 2 aromatic heterocycles. The van der Waals surface area contributed by atoms with E-state index in [1.54, 1.807) is 25.1 Å². The van der Waals surface area contributed by atoms with Gasteiger partial charge in [-0.1, -0.05) is 38.1 Å². The molecule has 0 aliphatic heterocycles. The van der Waals surface area contributed by atoms with Crippen molar-refractivity contribution in [3.63, 3.8) is 0 Å². The minimum atomic E-state index is -4.41. The maximum atomic E-state index is 13.3. The van der Waals surface area contributed by atoms with Crippen LogP contribution in [0.1, 0.15) is 73.6 Å². The quantitative estimate of drug-likeness (QED) is 0.215. The summed E-state index contributed by atoms with van der Waals surface area (Å²) in [4.78, 5) is 29.9. The fourth-order valence-corrected chi connectivity index (χ4v) is 4.36. The van der Waals surface area contributed by atoms with Crippen molar-refractivity contribution in [2.24, 2.45) is 0 Å². The smallest absolute Gasteiger partial charge is 0.399 e. The van der Waals surface area contributed by atoms with E-state index in [0.717, 1.165) is 11.1 Å². The van der Waals surface area contributed by atoms with E-state index in [0.29, 0.717) is 33.5 Å². The molecule has 3 aromatic rings. The summed E-state index contributed by atoms with van der Waals surface area (Å²) in [6.45, 7) is 13.2. The van der Waals surface area contributed by atoms with Gasteiger partial charge in [0.2, 0.25) is 0 Å². The Kier molecular flexibility index (Phi) is 11.4. The van der Waals surface area contributed by atoms with Crippen molar-refractivity contribution in [2.75, 3.05) is 11.1 Å². The summed E-state index contributed by atoms with van der Waals surface area (Å²) in [6.07, 6.45) is 2.56. The van der Waals surface area contributed by atoms with E-state index in [1.807, 2.05) is 65.8 Å². The highest BCUT2D eigenvalue weighted by molar-refractivity contribution is 7.98. The molecule has 3 rings (SSSR count). The van der Waals surface area contributed by atoms with Crippen molar-refractivity contribution in [3.05, 3.63) is 87.1 Å². The number of nitrogens with zero attached hydrogens (tertiary/aromatic N) is 1. The first-order valence-electron chi connectivity index (χ1n) is 12.5. The first-order chi connectivity index (χ1) is 18.5. The van der Waals surface area contributed by atoms with Gasteiger partial charge in [-0.25, -0.2) is 4.98 Å². The largest absolute Gasteiger partial charge is 0.455 e. The van der Waals surface area contributed by atoms with Crippen LogP contribution in [-0.4, -0.2) is 22.8 Å². The van der Waals surface area contributed by atoms with E-state index in [1.165, 1.54) is 6.20 Å². The molecule has 39 heavy (non-hydrogen) atoms. The number of aromatic nitrogens is 1. The van der Waals surface area contributed by atoms with E-state index in [-0.39, 0.29) is 23.1 Å². The number of pyridine rings is 1. The third kappa shape index (κ3) is 7.98. The van der Waals surface area contributed by atoms with Gasteiger partial charge in [-0.2, -0.15) is 13.2 Å². The van der Waals surface area contributed by atoms with Crippen LogP contribution in [0, 0.1) is 13.8 Å². The highest BCUT2D eigenvalue weighted by atomic mass is 32.2. The summed E-state index contributed by atoms with van der Waals surface area (Å²) in [7, 11) is 0. The van der Waals surface area contributed by atoms with Gasteiger partial charge in [0.1, 0.15) is 17.1 Å². The van der Waals surface area contributed by atoms with Gasteiger partial charge >= 0.3 is 6.18 Å². The highest BCUT2D eigenvalue weighted by Gasteiger charge is 2.28. The second-order valence-corrected chi connectivity index (χ2v) is 9.24. The molecule has 1 unspecified atom stereocenters. The Morgan fingerprint density at radius 2 is 1.90 bits per heavy atom. The molecule has 0 fully saturated rings. The van der Waals surface area contributed by atoms with Crippen molar-refractivity contribution in [3.8, 4) is 0 Å². The molecular weight excluding hydrogens is 527 g/mol. The fraction of sp³-hybridized carbons (Fsp3) is 0.345. The van der Waals surface area contributed by atoms with E-state index < -0.39 is 23.9 Å². The standard InChI is InChI=1S/C27H28F3N3O3S.C2H6/c1-6-9-18(7-2)24-16(4)23(34)20-13-15(3)12-19(25(20)36-24)17(5)32-21-10-8-11-31-22(21)26(35)33-37-14-27(28,29)30;1-2/h6-13,17,32H,14H2,1-5H3,(H,33,35);1-2H3/b9-6-,18-7+;. The molecule has 1 amide bonds. The van der Waals surface area contributed by atoms with Crippen LogP contribution in [0.5, 0.6) is 0 Å². The van der Waals surface area contributed by atoms with E-state index in [9.17, 15) is 22.8 Å². The molecule has 2 N–H and O–H groups in total. The molecule has 6 nitrogen and oxygen atoms in total. The number of hydrogen-bond donors (Lipinski definition) is 2. The van der Waals surface area contributed by atoms with Crippen LogP contribution in [0.2, 0.25) is 0 Å². The molecule has 0 aliphatic carbocycles. The topological polar surface area (TPSA) is 84.2 Å². The van der Waals surface area contributed by atoms with Crippen LogP contribution in [0.25, 0.3) is 16.5 Å². The first-order valence-corrected chi connectivity index (χ1v) is 13.5. The molecule has 0 bridgehead atoms. The summed E-state index contributed by atoms with van der Waals surface area (Å²) >= 11 is 0.251. The Morgan fingerprint density at radius 3 is 2.51 bits per heavy atom. The van der Waals surface area contributed by atoms with Gasteiger partial charge in [-0.15, -0.1) is 0 Å². The lowest BCUT2D eigenvalue weighted by Crippen LogP contribution is -2.23. The number of benzene rings is 1. The molecule has 0 radical (unpaired) electrons. The van der Waals surface area contributed by atoms with Gasteiger partial charge in [0.05, 0.1) is 17.1 Å². The number of carbonyl (C=O) groups is 1. The number of aryl methyl sites for hydroxylation is 1. The van der Waals surface area contributed by atoms with Crippen molar-refractivity contribution >= 4 is 40.1 Å². The predicted octanol–water partition coefficient (Wildman–Crippen LogP) is 7.92. The van der Waals surface area contributed by atoms with E-state index in [4.69, 9.17) is 4.42 Å². The van der Waals surface area contributed by atoms with Crippen LogP contribution in [-0.2, 0) is 0 Å². The number of anilines is 1. The first kappa shape index (κ1) is 31.7. The number of alkyl halides is 3. The van der Waals surface area contributed by atoms with Crippen molar-refractivity contribution < 1.29 is 22.4 Å². The van der Waals surface area contributed by atoms with Crippen LogP contribution >= 0.6 is 11.9 Å². The van der Waals surface area contributed by atoms with Gasteiger partial charge in [0.15, 0.2) is 11.1 Å². The third-order valence-electron chi connectivity index (χ3n) is 5.57. The second kappa shape index (κ2) is 14.0. The maximum absolute atomic E-state index is 13.3. The van der Waals surface area contributed by atoms with Crippen LogP contribution in [0.3, 0.4) is 0 Å². The number of allylic oxidation sites excluding steroid dienone is 4. The zero-order valence-electron chi connectivity index (χ0n) is 23.1. The molecular formula is C29H34F3N3O3S. The van der Waals surface area contributed by atoms with Crippen molar-refractivity contribution in [2.45, 2.75) is 60.7 Å². The van der Waals surface area contributed by atoms with Gasteiger partial charge in [-0.3, -0.25) is 14.3 Å². The molecule has 0 saturated heterocycles. The minimum Gasteiger partial charge on any atom is -0.455 e. The summed E-state index contributed by atoms with van der Waals surface area (Å²) in [5.41, 5.74) is 3.35.